The predicted octanol–water partition coefficient (Wildman–Crippen LogP) is 4.56. The van der Waals surface area contributed by atoms with Crippen LogP contribution in [0.4, 0.5) is 0 Å². The lowest BCUT2D eigenvalue weighted by Crippen LogP contribution is -1.42. The molecule has 0 bridgehead atoms. The minimum absolute atomic E-state index is 1.18. The van der Waals surface area contributed by atoms with Crippen molar-refractivity contribution in [2.24, 2.45) is 0 Å². The zero-order valence-corrected chi connectivity index (χ0v) is 7.72. The number of hydrogen-bond donors (Lipinski definition) is 0. The Morgan fingerprint density at radius 2 is 1.14 bits per heavy atom. The summed E-state index contributed by atoms with van der Waals surface area (Å²) in [4.78, 5) is 0. The summed E-state index contributed by atoms with van der Waals surface area (Å²) in [5.74, 6) is 2.50. The summed E-state index contributed by atoms with van der Waals surface area (Å²) in [6.45, 7) is -2.36. The molecule has 0 N–H and O–H groups in total. The van der Waals surface area contributed by atoms with Crippen molar-refractivity contribution in [3.05, 3.63) is 5.90 Å². The first-order valence-electron chi connectivity index (χ1n) is 1.12. The van der Waals surface area contributed by atoms with Gasteiger partial charge in [-0.25, -0.2) is 0 Å². The fourth-order valence-corrected chi connectivity index (χ4v) is 4.63. The highest BCUT2D eigenvalue weighted by molar-refractivity contribution is 8.19. The van der Waals surface area contributed by atoms with E-state index >= 15 is 0 Å². The van der Waals surface area contributed by atoms with E-state index in [-0.39, 0.29) is 0 Å². The maximum Gasteiger partial charge on any atom is 0.105 e. The van der Waals surface area contributed by atoms with Crippen molar-refractivity contribution in [2.45, 2.75) is 0 Å². The van der Waals surface area contributed by atoms with Crippen LogP contribution in [0.25, 0.3) is 0 Å². The molecule has 0 aromatic carbocycles. The Bertz CT molecular complexity index is 39.0. The second-order valence-electron chi connectivity index (χ2n) is 0.566. The molecule has 0 aliphatic heterocycles. The van der Waals surface area contributed by atoms with Gasteiger partial charge in [-0.05, 0) is 0 Å². The van der Waals surface area contributed by atoms with E-state index in [1.54, 1.807) is 0 Å². The molecule has 0 atom stereocenters. The lowest BCUT2D eigenvalue weighted by Gasteiger charge is -1.94. The van der Waals surface area contributed by atoms with Crippen LogP contribution < -0.4 is 0 Å². The van der Waals surface area contributed by atoms with Gasteiger partial charge in [-0.3, -0.25) is 0 Å². The number of halogens is 4. The van der Waals surface area contributed by atoms with E-state index in [4.69, 9.17) is 45.0 Å². The monoisotopic (exact) mass is 214 g/mol. The van der Waals surface area contributed by atoms with Gasteiger partial charge in [0.2, 0.25) is 0 Å². The highest BCUT2D eigenvalue weighted by Gasteiger charge is 2.06. The topological polar surface area (TPSA) is 0 Å². The van der Waals surface area contributed by atoms with Crippen LogP contribution in [0.1, 0.15) is 0 Å². The van der Waals surface area contributed by atoms with Gasteiger partial charge in [-0.15, -0.1) is 0 Å². The number of rotatable bonds is 2. The van der Waals surface area contributed by atoms with E-state index in [1.807, 2.05) is 0 Å². The fraction of sp³-hybridized carbons (Fsp3) is 0. The van der Waals surface area contributed by atoms with E-state index in [2.05, 4.69) is 5.90 Å². The van der Waals surface area contributed by atoms with Crippen LogP contribution in [0.15, 0.2) is 0 Å². The van der Waals surface area contributed by atoms with Crippen molar-refractivity contribution in [1.82, 2.24) is 0 Å². The Hall–Kier alpha value is 2.02. The molecular formula is CCl4P2. The van der Waals surface area contributed by atoms with Gasteiger partial charge >= 0.3 is 0 Å². The van der Waals surface area contributed by atoms with E-state index < -0.39 is 13.3 Å². The van der Waals surface area contributed by atoms with Crippen LogP contribution in [0, 0.1) is 5.90 Å². The van der Waals surface area contributed by atoms with E-state index in [0.29, 0.717) is 0 Å². The molecule has 0 aliphatic carbocycles. The van der Waals surface area contributed by atoms with E-state index in [1.165, 1.54) is 0 Å². The Morgan fingerprint density at radius 1 is 0.857 bits per heavy atom. The highest BCUT2D eigenvalue weighted by Crippen LogP contribution is 2.66. The second-order valence-corrected chi connectivity index (χ2v) is 7.39. The van der Waals surface area contributed by atoms with Crippen LogP contribution in [0.3, 0.4) is 0 Å². The molecule has 0 aromatic heterocycles. The SMILES string of the molecule is ClP(Cl)[C]P(Cl)Cl. The number of hydrogen-bond acceptors (Lipinski definition) is 0. The molecule has 0 aromatic rings. The first-order chi connectivity index (χ1) is 3.13. The largest absolute Gasteiger partial charge is 0.105 e. The van der Waals surface area contributed by atoms with Crippen LogP contribution in [0.2, 0.25) is 0 Å². The molecule has 0 unspecified atom stereocenters. The zero-order valence-electron chi connectivity index (χ0n) is 2.91. The smallest absolute Gasteiger partial charge is 0.0769 e. The van der Waals surface area contributed by atoms with Gasteiger partial charge in [-0.2, -0.15) is 0 Å². The molecule has 0 fully saturated rings. The molecular weight excluding hydrogens is 216 g/mol. The lowest BCUT2D eigenvalue weighted by atomic mass is 11.9. The van der Waals surface area contributed by atoms with Crippen LogP contribution in [0.5, 0.6) is 0 Å². The van der Waals surface area contributed by atoms with Gasteiger partial charge in [0.1, 0.15) is 19.2 Å². The van der Waals surface area contributed by atoms with Gasteiger partial charge in [0.15, 0.2) is 0 Å². The van der Waals surface area contributed by atoms with Crippen LogP contribution in [-0.2, 0) is 0 Å². The van der Waals surface area contributed by atoms with Gasteiger partial charge in [0.25, 0.3) is 0 Å². The maximum absolute atomic E-state index is 5.24. The van der Waals surface area contributed by atoms with Crippen molar-refractivity contribution in [2.75, 3.05) is 0 Å². The molecule has 0 spiro atoms. The summed E-state index contributed by atoms with van der Waals surface area (Å²) < 4.78 is 0. The van der Waals surface area contributed by atoms with Crippen LogP contribution >= 0.6 is 58.2 Å². The summed E-state index contributed by atoms with van der Waals surface area (Å²) in [7, 11) is 0. The zero-order chi connectivity index (χ0) is 5.86. The molecule has 42 valence electrons. The summed E-state index contributed by atoms with van der Waals surface area (Å²) in [5, 5.41) is 0. The van der Waals surface area contributed by atoms with Crippen molar-refractivity contribution >= 4 is 58.2 Å². The molecule has 7 heavy (non-hydrogen) atoms. The molecule has 0 rings (SSSR count). The normalized spacial score (nSPS) is 11.1. The molecule has 0 nitrogen and oxygen atoms in total. The Kier molecular flexibility index (Phi) is 6.26. The molecule has 0 aliphatic rings. The predicted molar refractivity (Wildman–Crippen MR) is 40.5 cm³/mol. The lowest BCUT2D eigenvalue weighted by molar-refractivity contribution is 2.69. The molecule has 0 heterocycles. The molecule has 0 saturated heterocycles. The third kappa shape index (κ3) is 8.02. The van der Waals surface area contributed by atoms with Crippen molar-refractivity contribution in [3.63, 3.8) is 0 Å². The average molecular weight is 216 g/mol. The van der Waals surface area contributed by atoms with E-state index in [0.717, 1.165) is 0 Å². The molecule has 2 radical (unpaired) electrons. The Labute approximate surface area is 64.1 Å². The molecule has 6 heteroatoms. The first-order valence-corrected chi connectivity index (χ1v) is 7.43. The second kappa shape index (κ2) is 4.86. The van der Waals surface area contributed by atoms with Gasteiger partial charge in [0.05, 0.1) is 0 Å². The van der Waals surface area contributed by atoms with Crippen molar-refractivity contribution < 1.29 is 0 Å². The fourth-order valence-electron chi connectivity index (χ4n) is 0.0571. The standard InChI is InChI=1S/CCl4P2/c2-6(3)1-7(4)5. The average Bonchev–Trinajstić information content (AvgIpc) is 1.27. The molecule has 0 amide bonds. The van der Waals surface area contributed by atoms with Crippen molar-refractivity contribution in [1.29, 1.82) is 0 Å². The highest BCUT2D eigenvalue weighted by atomic mass is 35.9. The van der Waals surface area contributed by atoms with Gasteiger partial charge in [-0.1, -0.05) is 45.0 Å². The maximum atomic E-state index is 5.24. The summed E-state index contributed by atoms with van der Waals surface area (Å²) in [5.41, 5.74) is 0. The Morgan fingerprint density at radius 3 is 1.14 bits per heavy atom. The first kappa shape index (κ1) is 9.02. The minimum Gasteiger partial charge on any atom is -0.0769 e. The van der Waals surface area contributed by atoms with Crippen molar-refractivity contribution in [3.8, 4) is 0 Å². The van der Waals surface area contributed by atoms with E-state index in [9.17, 15) is 0 Å². The quantitative estimate of drug-likeness (QED) is 0.593. The minimum atomic E-state index is -1.18. The Balaban J connectivity index is 2.95. The molecule has 0 saturated carbocycles. The van der Waals surface area contributed by atoms with Gasteiger partial charge < -0.3 is 0 Å². The summed E-state index contributed by atoms with van der Waals surface area (Å²) in [6, 6.07) is 0. The summed E-state index contributed by atoms with van der Waals surface area (Å²) in [6.07, 6.45) is 0. The van der Waals surface area contributed by atoms with Gasteiger partial charge in [0, 0.05) is 0 Å². The summed E-state index contributed by atoms with van der Waals surface area (Å²) >= 11 is 21.0. The third-order valence-corrected chi connectivity index (χ3v) is 4.08. The third-order valence-electron chi connectivity index (χ3n) is 0.151. The van der Waals surface area contributed by atoms with Crippen LogP contribution in [-0.4, -0.2) is 0 Å².